The van der Waals surface area contributed by atoms with Crippen molar-refractivity contribution in [3.05, 3.63) is 57.8 Å². The summed E-state index contributed by atoms with van der Waals surface area (Å²) in [5, 5.41) is 5.33. The molecule has 200 valence electrons. The molecule has 0 saturated carbocycles. The molecule has 0 unspecified atom stereocenters. The van der Waals surface area contributed by atoms with Gasteiger partial charge in [-0.2, -0.15) is 0 Å². The van der Waals surface area contributed by atoms with E-state index in [0.717, 1.165) is 31.1 Å². The standard InChI is InChI=1S/C24H25BrN6O5S2/c25-18-14-16(22(33)30-10-12-38(34,35)13-11-30)2-3-19(18)28-21(32)20-15-37-24(29-20)31-8-4-17(5-9-31)36-23-26-6-1-7-27-23/h1-3,6-7,14-15,17H,4-5,8-13H2,(H,28,32). The highest BCUT2D eigenvalue weighted by Gasteiger charge is 2.27. The van der Waals surface area contributed by atoms with Crippen LogP contribution in [0.3, 0.4) is 0 Å². The van der Waals surface area contributed by atoms with Gasteiger partial charge in [0.15, 0.2) is 15.0 Å². The fourth-order valence-corrected chi connectivity index (χ4v) is 6.75. The van der Waals surface area contributed by atoms with Crippen molar-refractivity contribution in [3.8, 4) is 6.01 Å². The van der Waals surface area contributed by atoms with Crippen LogP contribution in [0.15, 0.2) is 46.5 Å². The largest absolute Gasteiger partial charge is 0.460 e. The van der Waals surface area contributed by atoms with E-state index in [9.17, 15) is 18.0 Å². The van der Waals surface area contributed by atoms with E-state index >= 15 is 0 Å². The SMILES string of the molecule is O=C(Nc1ccc(C(=O)N2CCS(=O)(=O)CC2)cc1Br)c1csc(N2CCC(Oc3ncccn3)CC2)n1. The van der Waals surface area contributed by atoms with Crippen LogP contribution >= 0.6 is 27.3 Å². The number of piperidine rings is 1. The van der Waals surface area contributed by atoms with Crippen LogP contribution in [-0.2, 0) is 9.84 Å². The molecule has 1 aromatic carbocycles. The smallest absolute Gasteiger partial charge is 0.316 e. The van der Waals surface area contributed by atoms with Crippen molar-refractivity contribution in [3.63, 3.8) is 0 Å². The van der Waals surface area contributed by atoms with Gasteiger partial charge in [-0.3, -0.25) is 9.59 Å². The van der Waals surface area contributed by atoms with Gasteiger partial charge in [-0.05, 0) is 40.2 Å². The fourth-order valence-electron chi connectivity index (χ4n) is 4.21. The van der Waals surface area contributed by atoms with Crippen LogP contribution in [0.5, 0.6) is 6.01 Å². The topological polar surface area (TPSA) is 135 Å². The Hall–Kier alpha value is -3.10. The summed E-state index contributed by atoms with van der Waals surface area (Å²) < 4.78 is 29.7. The monoisotopic (exact) mass is 620 g/mol. The number of aromatic nitrogens is 3. The molecule has 0 radical (unpaired) electrons. The Morgan fingerprint density at radius 3 is 2.47 bits per heavy atom. The van der Waals surface area contributed by atoms with Gasteiger partial charge in [-0.1, -0.05) is 0 Å². The molecular weight excluding hydrogens is 596 g/mol. The molecule has 4 heterocycles. The number of carbonyl (C=O) groups excluding carboxylic acids is 2. The highest BCUT2D eigenvalue weighted by molar-refractivity contribution is 9.10. The van der Waals surface area contributed by atoms with Gasteiger partial charge in [0, 0.05) is 66.8 Å². The van der Waals surface area contributed by atoms with E-state index in [1.165, 1.54) is 16.2 Å². The average molecular weight is 622 g/mol. The maximum atomic E-state index is 12.9. The van der Waals surface area contributed by atoms with Crippen molar-refractivity contribution in [1.29, 1.82) is 0 Å². The number of thiazole rings is 1. The molecule has 2 saturated heterocycles. The van der Waals surface area contributed by atoms with Gasteiger partial charge in [0.05, 0.1) is 17.2 Å². The van der Waals surface area contributed by atoms with Crippen molar-refractivity contribution in [2.75, 3.05) is 47.9 Å². The third-order valence-electron chi connectivity index (χ3n) is 6.35. The first-order chi connectivity index (χ1) is 18.3. The van der Waals surface area contributed by atoms with Crippen molar-refractivity contribution >= 4 is 59.7 Å². The molecule has 14 heteroatoms. The molecule has 2 aliphatic heterocycles. The lowest BCUT2D eigenvalue weighted by atomic mass is 10.1. The van der Waals surface area contributed by atoms with Gasteiger partial charge < -0.3 is 19.9 Å². The normalized spacial score (nSPS) is 17.7. The van der Waals surface area contributed by atoms with Crippen LogP contribution in [0.4, 0.5) is 10.8 Å². The second-order valence-electron chi connectivity index (χ2n) is 8.94. The molecule has 5 rings (SSSR count). The molecule has 2 amide bonds. The van der Waals surface area contributed by atoms with E-state index in [1.807, 2.05) is 0 Å². The summed E-state index contributed by atoms with van der Waals surface area (Å²) >= 11 is 4.84. The van der Waals surface area contributed by atoms with Gasteiger partial charge in [-0.15, -0.1) is 11.3 Å². The molecule has 11 nitrogen and oxygen atoms in total. The lowest BCUT2D eigenvalue weighted by molar-refractivity contribution is 0.0770. The lowest BCUT2D eigenvalue weighted by Crippen LogP contribution is -2.43. The maximum absolute atomic E-state index is 12.9. The predicted molar refractivity (Wildman–Crippen MR) is 147 cm³/mol. The van der Waals surface area contributed by atoms with Gasteiger partial charge in [0.2, 0.25) is 0 Å². The second kappa shape index (κ2) is 11.3. The molecule has 0 aliphatic carbocycles. The number of nitrogens with zero attached hydrogens (tertiary/aromatic N) is 5. The minimum atomic E-state index is -3.08. The molecule has 2 fully saturated rings. The van der Waals surface area contributed by atoms with E-state index in [4.69, 9.17) is 4.74 Å². The molecule has 0 spiro atoms. The first kappa shape index (κ1) is 26.5. The molecular formula is C24H25BrN6O5S2. The zero-order chi connectivity index (χ0) is 26.7. The first-order valence-corrected chi connectivity index (χ1v) is 15.5. The van der Waals surface area contributed by atoms with E-state index in [2.05, 4.69) is 41.1 Å². The zero-order valence-electron chi connectivity index (χ0n) is 20.2. The summed E-state index contributed by atoms with van der Waals surface area (Å²) in [6.45, 7) is 1.84. The van der Waals surface area contributed by atoms with Gasteiger partial charge in [-0.25, -0.2) is 23.4 Å². The van der Waals surface area contributed by atoms with E-state index in [-0.39, 0.29) is 42.5 Å². The molecule has 3 aromatic rings. The summed E-state index contributed by atoms with van der Waals surface area (Å²) in [4.78, 5) is 42.1. The number of hydrogen-bond acceptors (Lipinski definition) is 10. The Bertz CT molecular complexity index is 1410. The predicted octanol–water partition coefficient (Wildman–Crippen LogP) is 2.87. The lowest BCUT2D eigenvalue weighted by Gasteiger charge is -2.31. The Labute approximate surface area is 232 Å². The number of amides is 2. The van der Waals surface area contributed by atoms with Crippen LogP contribution in [0.25, 0.3) is 0 Å². The number of anilines is 2. The summed E-state index contributed by atoms with van der Waals surface area (Å²) in [7, 11) is -3.08. The van der Waals surface area contributed by atoms with E-state index in [0.29, 0.717) is 27.4 Å². The molecule has 38 heavy (non-hydrogen) atoms. The van der Waals surface area contributed by atoms with Gasteiger partial charge >= 0.3 is 6.01 Å². The van der Waals surface area contributed by atoms with Crippen molar-refractivity contribution in [1.82, 2.24) is 19.9 Å². The summed E-state index contributed by atoms with van der Waals surface area (Å²) in [6.07, 6.45) is 4.93. The molecule has 2 aliphatic rings. The van der Waals surface area contributed by atoms with Crippen molar-refractivity contribution in [2.24, 2.45) is 0 Å². The Morgan fingerprint density at radius 2 is 1.79 bits per heavy atom. The fraction of sp³-hybridized carbons (Fsp3) is 0.375. The maximum Gasteiger partial charge on any atom is 0.316 e. The van der Waals surface area contributed by atoms with Crippen molar-refractivity contribution in [2.45, 2.75) is 18.9 Å². The number of halogens is 1. The Morgan fingerprint density at radius 1 is 1.08 bits per heavy atom. The Kier molecular flexibility index (Phi) is 7.91. The third kappa shape index (κ3) is 6.30. The number of ether oxygens (including phenoxy) is 1. The summed E-state index contributed by atoms with van der Waals surface area (Å²) in [5.74, 6) is -0.656. The van der Waals surface area contributed by atoms with E-state index in [1.54, 1.807) is 42.0 Å². The van der Waals surface area contributed by atoms with Crippen LogP contribution < -0.4 is 15.0 Å². The van der Waals surface area contributed by atoms with Gasteiger partial charge in [0.1, 0.15) is 11.8 Å². The second-order valence-corrected chi connectivity index (χ2v) is 12.9. The molecule has 1 N–H and O–H groups in total. The minimum Gasteiger partial charge on any atom is -0.460 e. The Balaban J connectivity index is 1.16. The van der Waals surface area contributed by atoms with Crippen LogP contribution in [-0.4, -0.2) is 83.9 Å². The number of nitrogens with one attached hydrogen (secondary N) is 1. The highest BCUT2D eigenvalue weighted by atomic mass is 79.9. The quantitative estimate of drug-likeness (QED) is 0.441. The summed E-state index contributed by atoms with van der Waals surface area (Å²) in [6, 6.07) is 7.01. The van der Waals surface area contributed by atoms with E-state index < -0.39 is 9.84 Å². The van der Waals surface area contributed by atoms with Crippen LogP contribution in [0.1, 0.15) is 33.7 Å². The molecule has 0 atom stereocenters. The highest BCUT2D eigenvalue weighted by Crippen LogP contribution is 2.28. The van der Waals surface area contributed by atoms with Crippen LogP contribution in [0.2, 0.25) is 0 Å². The molecule has 0 bridgehead atoms. The van der Waals surface area contributed by atoms with Crippen molar-refractivity contribution < 1.29 is 22.7 Å². The number of benzene rings is 1. The third-order valence-corrected chi connectivity index (χ3v) is 9.51. The molecule has 2 aromatic heterocycles. The average Bonchev–Trinajstić information content (AvgIpc) is 3.41. The van der Waals surface area contributed by atoms with Gasteiger partial charge in [0.25, 0.3) is 11.8 Å². The minimum absolute atomic E-state index is 0.0296. The zero-order valence-corrected chi connectivity index (χ0v) is 23.5. The first-order valence-electron chi connectivity index (χ1n) is 12.0. The summed E-state index contributed by atoms with van der Waals surface area (Å²) in [5.41, 5.74) is 1.22. The number of sulfone groups is 1. The number of hydrogen-bond donors (Lipinski definition) is 1. The number of carbonyl (C=O) groups is 2. The van der Waals surface area contributed by atoms with Crippen LogP contribution in [0, 0.1) is 0 Å². The number of rotatable bonds is 6.